The summed E-state index contributed by atoms with van der Waals surface area (Å²) < 4.78 is 33.5. The summed E-state index contributed by atoms with van der Waals surface area (Å²) >= 11 is 0. The first-order valence-electron chi connectivity index (χ1n) is 12.0. The van der Waals surface area contributed by atoms with Crippen LogP contribution in [0.5, 0.6) is 0 Å². The molecule has 1 aliphatic rings. The topological polar surface area (TPSA) is 116 Å². The fourth-order valence-electron chi connectivity index (χ4n) is 3.91. The van der Waals surface area contributed by atoms with Gasteiger partial charge < -0.3 is 19.6 Å². The van der Waals surface area contributed by atoms with Gasteiger partial charge in [0.2, 0.25) is 15.9 Å². The molecule has 2 aromatic rings. The third-order valence-electron chi connectivity index (χ3n) is 6.08. The van der Waals surface area contributed by atoms with Gasteiger partial charge in [0.25, 0.3) is 0 Å². The number of nitrogens with zero attached hydrogens (tertiary/aromatic N) is 2. The number of aliphatic hydroxyl groups excluding tert-OH is 1. The maximum Gasteiger partial charge on any atom is 0.410 e. The van der Waals surface area contributed by atoms with Crippen LogP contribution in [0, 0.1) is 0 Å². The molecule has 2 amide bonds. The van der Waals surface area contributed by atoms with E-state index in [1.807, 2.05) is 51.1 Å². The lowest BCUT2D eigenvalue weighted by Crippen LogP contribution is -2.51. The highest BCUT2D eigenvalue weighted by Gasteiger charge is 2.31. The average Bonchev–Trinajstić information content (AvgIpc) is 3.12. The summed E-state index contributed by atoms with van der Waals surface area (Å²) in [5.74, 6) is -0.535. The number of hydrogen-bond donors (Lipinski definition) is 2. The van der Waals surface area contributed by atoms with Crippen LogP contribution in [0.25, 0.3) is 0 Å². The van der Waals surface area contributed by atoms with E-state index in [0.29, 0.717) is 19.5 Å². The number of carbonyl (C=O) groups is 2. The standard InChI is InChI=1S/C26H35N3O6S/c1-26(2,3)21-10-12-22(13-11-21)36(33,34)27-23(18-30)24(31)28-14-7-15-29(17-16-28)25(32)35-19-20-8-5-4-6-9-20/h4-6,8-13,23,27,30H,7,14-19H2,1-3H3/t23-/m0/s1. The Labute approximate surface area is 213 Å². The number of rotatable bonds is 7. The van der Waals surface area contributed by atoms with Crippen LogP contribution in [-0.2, 0) is 31.6 Å². The quantitative estimate of drug-likeness (QED) is 0.583. The van der Waals surface area contributed by atoms with Crippen LogP contribution in [0.4, 0.5) is 4.79 Å². The number of hydrogen-bond acceptors (Lipinski definition) is 6. The second kappa shape index (κ2) is 11.9. The van der Waals surface area contributed by atoms with E-state index in [9.17, 15) is 23.1 Å². The van der Waals surface area contributed by atoms with Gasteiger partial charge in [0.15, 0.2) is 0 Å². The monoisotopic (exact) mass is 517 g/mol. The Hall–Kier alpha value is -2.95. The zero-order valence-electron chi connectivity index (χ0n) is 21.0. The minimum absolute atomic E-state index is 0.0185. The SMILES string of the molecule is CC(C)(C)c1ccc(S(=O)(=O)N[C@@H](CO)C(=O)N2CCCN(C(=O)OCc3ccccc3)CC2)cc1. The summed E-state index contributed by atoms with van der Waals surface area (Å²) in [7, 11) is -4.03. The lowest BCUT2D eigenvalue weighted by Gasteiger charge is -2.26. The first-order chi connectivity index (χ1) is 17.0. The molecule has 0 spiro atoms. The Balaban J connectivity index is 1.58. The van der Waals surface area contributed by atoms with Crippen molar-refractivity contribution in [1.82, 2.24) is 14.5 Å². The molecule has 1 heterocycles. The summed E-state index contributed by atoms with van der Waals surface area (Å²) in [6.45, 7) is 6.76. The summed E-state index contributed by atoms with van der Waals surface area (Å²) in [6.07, 6.45) is 0.0389. The Bertz CT molecular complexity index is 1130. The molecule has 1 aliphatic heterocycles. The third kappa shape index (κ3) is 7.28. The number of ether oxygens (including phenoxy) is 1. The van der Waals surface area contributed by atoms with Crippen molar-refractivity contribution in [2.24, 2.45) is 0 Å². The number of amides is 2. The van der Waals surface area contributed by atoms with Crippen LogP contribution in [0.3, 0.4) is 0 Å². The number of aliphatic hydroxyl groups is 1. The minimum Gasteiger partial charge on any atom is -0.445 e. The van der Waals surface area contributed by atoms with Gasteiger partial charge in [-0.2, -0.15) is 4.72 Å². The van der Waals surface area contributed by atoms with E-state index in [-0.39, 0.29) is 30.0 Å². The first kappa shape index (κ1) is 27.6. The maximum absolute atomic E-state index is 13.1. The molecule has 1 atom stereocenters. The Morgan fingerprint density at radius 1 is 0.972 bits per heavy atom. The summed E-state index contributed by atoms with van der Waals surface area (Å²) in [4.78, 5) is 28.6. The highest BCUT2D eigenvalue weighted by atomic mass is 32.2. The second-order valence-corrected chi connectivity index (χ2v) is 11.6. The maximum atomic E-state index is 13.1. The molecule has 0 aliphatic carbocycles. The summed E-state index contributed by atoms with van der Waals surface area (Å²) in [5.41, 5.74) is 1.73. The van der Waals surface area contributed by atoms with Gasteiger partial charge in [0.1, 0.15) is 12.6 Å². The van der Waals surface area contributed by atoms with Gasteiger partial charge >= 0.3 is 6.09 Å². The van der Waals surface area contributed by atoms with Crippen LogP contribution >= 0.6 is 0 Å². The molecule has 0 radical (unpaired) electrons. The van der Waals surface area contributed by atoms with E-state index in [4.69, 9.17) is 4.74 Å². The van der Waals surface area contributed by atoms with Crippen LogP contribution < -0.4 is 4.72 Å². The van der Waals surface area contributed by atoms with E-state index >= 15 is 0 Å². The van der Waals surface area contributed by atoms with Crippen molar-refractivity contribution in [3.63, 3.8) is 0 Å². The molecule has 0 unspecified atom stereocenters. The van der Waals surface area contributed by atoms with E-state index in [1.54, 1.807) is 12.1 Å². The average molecular weight is 518 g/mol. The number of sulfonamides is 1. The van der Waals surface area contributed by atoms with E-state index < -0.39 is 34.7 Å². The van der Waals surface area contributed by atoms with Crippen molar-refractivity contribution in [2.45, 2.75) is 50.2 Å². The van der Waals surface area contributed by atoms with E-state index in [1.165, 1.54) is 21.9 Å². The number of benzene rings is 2. The zero-order chi connectivity index (χ0) is 26.3. The van der Waals surface area contributed by atoms with Crippen molar-refractivity contribution >= 4 is 22.0 Å². The van der Waals surface area contributed by atoms with Crippen LogP contribution in [0.15, 0.2) is 59.5 Å². The lowest BCUT2D eigenvalue weighted by atomic mass is 9.87. The molecular weight excluding hydrogens is 482 g/mol. The third-order valence-corrected chi connectivity index (χ3v) is 7.57. The second-order valence-electron chi connectivity index (χ2n) is 9.84. The number of nitrogens with one attached hydrogen (secondary N) is 1. The fraction of sp³-hybridized carbons (Fsp3) is 0.462. The van der Waals surface area contributed by atoms with Crippen LogP contribution in [0.1, 0.15) is 38.3 Å². The largest absolute Gasteiger partial charge is 0.445 e. The fourth-order valence-corrected chi connectivity index (χ4v) is 5.09. The van der Waals surface area contributed by atoms with Crippen molar-refractivity contribution in [1.29, 1.82) is 0 Å². The molecule has 36 heavy (non-hydrogen) atoms. The van der Waals surface area contributed by atoms with E-state index in [2.05, 4.69) is 4.72 Å². The van der Waals surface area contributed by atoms with Crippen LogP contribution in [-0.4, -0.2) is 74.2 Å². The predicted octanol–water partition coefficient (Wildman–Crippen LogP) is 2.49. The van der Waals surface area contributed by atoms with Crippen molar-refractivity contribution < 1.29 is 27.9 Å². The van der Waals surface area contributed by atoms with Crippen molar-refractivity contribution in [3.05, 3.63) is 65.7 Å². The normalized spacial score (nSPS) is 15.8. The molecule has 1 saturated heterocycles. The first-order valence-corrected chi connectivity index (χ1v) is 13.5. The molecule has 0 saturated carbocycles. The smallest absolute Gasteiger partial charge is 0.410 e. The molecule has 196 valence electrons. The molecule has 0 bridgehead atoms. The predicted molar refractivity (Wildman–Crippen MR) is 136 cm³/mol. The van der Waals surface area contributed by atoms with Gasteiger partial charge in [-0.25, -0.2) is 13.2 Å². The summed E-state index contributed by atoms with van der Waals surface area (Å²) in [6, 6.07) is 14.5. The molecule has 2 aromatic carbocycles. The van der Waals surface area contributed by atoms with Gasteiger partial charge in [0.05, 0.1) is 11.5 Å². The van der Waals surface area contributed by atoms with E-state index in [0.717, 1.165) is 11.1 Å². The Morgan fingerprint density at radius 3 is 2.19 bits per heavy atom. The molecule has 2 N–H and O–H groups in total. The van der Waals surface area contributed by atoms with Crippen molar-refractivity contribution in [2.75, 3.05) is 32.8 Å². The molecule has 9 nitrogen and oxygen atoms in total. The highest BCUT2D eigenvalue weighted by Crippen LogP contribution is 2.23. The highest BCUT2D eigenvalue weighted by molar-refractivity contribution is 7.89. The molecule has 0 aromatic heterocycles. The van der Waals surface area contributed by atoms with Gasteiger partial charge in [0, 0.05) is 26.2 Å². The summed E-state index contributed by atoms with van der Waals surface area (Å²) in [5, 5.41) is 9.82. The molecule has 3 rings (SSSR count). The van der Waals surface area contributed by atoms with Gasteiger partial charge in [-0.1, -0.05) is 63.2 Å². The lowest BCUT2D eigenvalue weighted by molar-refractivity contribution is -0.133. The Morgan fingerprint density at radius 2 is 1.58 bits per heavy atom. The van der Waals surface area contributed by atoms with Gasteiger partial charge in [-0.15, -0.1) is 0 Å². The molecular formula is C26H35N3O6S. The molecule has 10 heteroatoms. The minimum atomic E-state index is -4.03. The molecule has 1 fully saturated rings. The zero-order valence-corrected chi connectivity index (χ0v) is 21.8. The van der Waals surface area contributed by atoms with Crippen LogP contribution in [0.2, 0.25) is 0 Å². The van der Waals surface area contributed by atoms with Crippen molar-refractivity contribution in [3.8, 4) is 0 Å². The van der Waals surface area contributed by atoms with Gasteiger partial charge in [-0.3, -0.25) is 4.79 Å². The van der Waals surface area contributed by atoms with Gasteiger partial charge in [-0.05, 0) is 35.1 Å². The number of carbonyl (C=O) groups excluding carboxylic acids is 2. The Kier molecular flexibility index (Phi) is 9.10.